The van der Waals surface area contributed by atoms with Crippen LogP contribution in [-0.2, 0) is 11.3 Å². The van der Waals surface area contributed by atoms with Gasteiger partial charge in [-0.25, -0.2) is 9.67 Å². The number of ether oxygens (including phenoxy) is 1. The molecule has 1 fully saturated rings. The lowest BCUT2D eigenvalue weighted by Crippen LogP contribution is -2.37. The van der Waals surface area contributed by atoms with Crippen molar-refractivity contribution in [3.63, 3.8) is 0 Å². The van der Waals surface area contributed by atoms with Gasteiger partial charge in [-0.15, -0.1) is 0 Å². The Morgan fingerprint density at radius 2 is 1.67 bits per heavy atom. The van der Waals surface area contributed by atoms with E-state index in [0.717, 1.165) is 35.7 Å². The number of pyridine rings is 1. The molecule has 0 spiro atoms. The summed E-state index contributed by atoms with van der Waals surface area (Å²) in [7, 11) is 0. The van der Waals surface area contributed by atoms with Crippen molar-refractivity contribution in [3.05, 3.63) is 96.3 Å². The number of hydrogen-bond acceptors (Lipinski definition) is 5. The van der Waals surface area contributed by atoms with Gasteiger partial charge in [-0.2, -0.15) is 5.10 Å². The van der Waals surface area contributed by atoms with E-state index in [4.69, 9.17) is 9.84 Å². The predicted molar refractivity (Wildman–Crippen MR) is 127 cm³/mol. The Morgan fingerprint density at radius 3 is 2.42 bits per heavy atom. The van der Waals surface area contributed by atoms with Gasteiger partial charge in [0.25, 0.3) is 5.91 Å². The molecule has 0 unspecified atom stereocenters. The molecule has 4 aromatic rings. The number of morpholine rings is 1. The average molecular weight is 440 g/mol. The second kappa shape index (κ2) is 9.67. The molecule has 1 aliphatic rings. The first-order valence-corrected chi connectivity index (χ1v) is 11.0. The van der Waals surface area contributed by atoms with Gasteiger partial charge >= 0.3 is 0 Å². The van der Waals surface area contributed by atoms with Crippen molar-refractivity contribution in [2.24, 2.45) is 0 Å². The van der Waals surface area contributed by atoms with Crippen LogP contribution < -0.4 is 10.2 Å². The first-order chi connectivity index (χ1) is 16.3. The number of amides is 1. The van der Waals surface area contributed by atoms with Crippen molar-refractivity contribution in [1.29, 1.82) is 0 Å². The summed E-state index contributed by atoms with van der Waals surface area (Å²) in [6.07, 6.45) is 3.58. The number of rotatable bonds is 6. The topological polar surface area (TPSA) is 72.3 Å². The third kappa shape index (κ3) is 4.63. The zero-order valence-corrected chi connectivity index (χ0v) is 18.2. The van der Waals surface area contributed by atoms with E-state index < -0.39 is 0 Å². The number of para-hydroxylation sites is 1. The van der Waals surface area contributed by atoms with Crippen molar-refractivity contribution in [2.45, 2.75) is 6.54 Å². The van der Waals surface area contributed by atoms with E-state index in [2.05, 4.69) is 15.2 Å². The van der Waals surface area contributed by atoms with Gasteiger partial charge in [0.05, 0.1) is 24.5 Å². The van der Waals surface area contributed by atoms with Crippen molar-refractivity contribution >= 4 is 11.7 Å². The summed E-state index contributed by atoms with van der Waals surface area (Å²) in [5.41, 5.74) is 3.95. The van der Waals surface area contributed by atoms with Crippen LogP contribution in [0.3, 0.4) is 0 Å². The number of hydrogen-bond donors (Lipinski definition) is 1. The smallest absolute Gasteiger partial charge is 0.255 e. The van der Waals surface area contributed by atoms with Gasteiger partial charge in [0.1, 0.15) is 11.5 Å². The Kier molecular flexibility index (Phi) is 6.12. The normalized spacial score (nSPS) is 13.6. The fourth-order valence-corrected chi connectivity index (χ4v) is 3.96. The van der Waals surface area contributed by atoms with E-state index in [1.54, 1.807) is 17.1 Å². The summed E-state index contributed by atoms with van der Waals surface area (Å²) in [6, 6.07) is 23.5. The number of anilines is 1. The zero-order chi connectivity index (χ0) is 22.5. The van der Waals surface area contributed by atoms with Crippen LogP contribution in [-0.4, -0.2) is 47.0 Å². The summed E-state index contributed by atoms with van der Waals surface area (Å²) in [4.78, 5) is 20.1. The third-order valence-electron chi connectivity index (χ3n) is 5.64. The molecule has 0 aliphatic carbocycles. The highest BCUT2D eigenvalue weighted by molar-refractivity contribution is 6.00. The van der Waals surface area contributed by atoms with Gasteiger partial charge in [-0.3, -0.25) is 4.79 Å². The van der Waals surface area contributed by atoms with E-state index in [0.29, 0.717) is 31.0 Å². The summed E-state index contributed by atoms with van der Waals surface area (Å²) in [5, 5.41) is 7.82. The van der Waals surface area contributed by atoms with Gasteiger partial charge < -0.3 is 15.0 Å². The molecule has 3 heterocycles. The molecule has 0 bridgehead atoms. The standard InChI is InChI=1S/C26H25N5O2/c32-26(28-18-21-10-7-13-27-25(21)30-14-16-33-17-15-30)23-19-31(22-11-5-2-6-12-22)29-24(23)20-8-3-1-4-9-20/h1-13,19H,14-18H2,(H,28,32). The van der Waals surface area contributed by atoms with Crippen LogP contribution in [0.4, 0.5) is 5.82 Å². The van der Waals surface area contributed by atoms with Crippen LogP contribution >= 0.6 is 0 Å². The highest BCUT2D eigenvalue weighted by Crippen LogP contribution is 2.24. The van der Waals surface area contributed by atoms with Gasteiger partial charge in [-0.05, 0) is 18.2 Å². The maximum atomic E-state index is 13.3. The zero-order valence-electron chi connectivity index (χ0n) is 18.2. The second-order valence-electron chi connectivity index (χ2n) is 7.81. The first kappa shape index (κ1) is 20.9. The molecule has 0 atom stereocenters. The number of benzene rings is 2. The van der Waals surface area contributed by atoms with Crippen LogP contribution in [0.5, 0.6) is 0 Å². The fraction of sp³-hybridized carbons (Fsp3) is 0.192. The molecule has 1 amide bonds. The molecule has 1 aliphatic heterocycles. The minimum Gasteiger partial charge on any atom is -0.378 e. The first-order valence-electron chi connectivity index (χ1n) is 11.0. The average Bonchev–Trinajstić information content (AvgIpc) is 3.35. The summed E-state index contributed by atoms with van der Waals surface area (Å²) in [6.45, 7) is 3.33. The lowest BCUT2D eigenvalue weighted by Gasteiger charge is -2.29. The van der Waals surface area contributed by atoms with Crippen LogP contribution in [0.1, 0.15) is 15.9 Å². The van der Waals surface area contributed by atoms with E-state index >= 15 is 0 Å². The monoisotopic (exact) mass is 439 g/mol. The Labute approximate surface area is 192 Å². The van der Waals surface area contributed by atoms with Crippen LogP contribution in [0, 0.1) is 0 Å². The summed E-state index contributed by atoms with van der Waals surface area (Å²) >= 11 is 0. The Hall–Kier alpha value is -3.97. The van der Waals surface area contributed by atoms with Gasteiger partial charge in [0, 0.05) is 43.2 Å². The van der Waals surface area contributed by atoms with Crippen molar-refractivity contribution in [3.8, 4) is 16.9 Å². The molecule has 33 heavy (non-hydrogen) atoms. The van der Waals surface area contributed by atoms with E-state index in [1.165, 1.54) is 0 Å². The Balaban J connectivity index is 1.42. The number of carbonyl (C=O) groups excluding carboxylic acids is 1. The molecule has 2 aromatic carbocycles. The molecule has 0 radical (unpaired) electrons. The quantitative estimate of drug-likeness (QED) is 0.496. The summed E-state index contributed by atoms with van der Waals surface area (Å²) < 4.78 is 7.21. The van der Waals surface area contributed by atoms with Gasteiger partial charge in [0.2, 0.25) is 0 Å². The second-order valence-corrected chi connectivity index (χ2v) is 7.81. The number of aromatic nitrogens is 3. The van der Waals surface area contributed by atoms with Crippen LogP contribution in [0.15, 0.2) is 85.2 Å². The molecule has 0 saturated carbocycles. The van der Waals surface area contributed by atoms with Crippen molar-refractivity contribution in [1.82, 2.24) is 20.1 Å². The Morgan fingerprint density at radius 1 is 0.939 bits per heavy atom. The number of nitrogens with one attached hydrogen (secondary N) is 1. The van der Waals surface area contributed by atoms with Gasteiger partial charge in [0.15, 0.2) is 0 Å². The largest absolute Gasteiger partial charge is 0.378 e. The van der Waals surface area contributed by atoms with Crippen LogP contribution in [0.2, 0.25) is 0 Å². The maximum absolute atomic E-state index is 13.3. The lowest BCUT2D eigenvalue weighted by molar-refractivity contribution is 0.0951. The highest BCUT2D eigenvalue weighted by Gasteiger charge is 2.20. The van der Waals surface area contributed by atoms with E-state index in [9.17, 15) is 4.79 Å². The molecule has 7 nitrogen and oxygen atoms in total. The molecule has 5 rings (SSSR count). The van der Waals surface area contributed by atoms with Crippen molar-refractivity contribution in [2.75, 3.05) is 31.2 Å². The molecule has 166 valence electrons. The number of carbonyl (C=O) groups is 1. The highest BCUT2D eigenvalue weighted by atomic mass is 16.5. The van der Waals surface area contributed by atoms with Gasteiger partial charge in [-0.1, -0.05) is 54.6 Å². The predicted octanol–water partition coefficient (Wildman–Crippen LogP) is 3.70. The SMILES string of the molecule is O=C(NCc1cccnc1N1CCOCC1)c1cn(-c2ccccc2)nc1-c1ccccc1. The minimum atomic E-state index is -0.173. The lowest BCUT2D eigenvalue weighted by atomic mass is 10.1. The van der Waals surface area contributed by atoms with E-state index in [1.807, 2.05) is 72.8 Å². The Bertz CT molecular complexity index is 1220. The third-order valence-corrected chi connectivity index (χ3v) is 5.64. The molecule has 1 N–H and O–H groups in total. The van der Waals surface area contributed by atoms with Crippen LogP contribution in [0.25, 0.3) is 16.9 Å². The summed E-state index contributed by atoms with van der Waals surface area (Å²) in [5.74, 6) is 0.720. The van der Waals surface area contributed by atoms with Crippen molar-refractivity contribution < 1.29 is 9.53 Å². The van der Waals surface area contributed by atoms with E-state index in [-0.39, 0.29) is 5.91 Å². The molecule has 7 heteroatoms. The molecular formula is C26H25N5O2. The maximum Gasteiger partial charge on any atom is 0.255 e. The molecule has 1 saturated heterocycles. The fourth-order valence-electron chi connectivity index (χ4n) is 3.96. The molecule has 2 aromatic heterocycles. The number of nitrogens with zero attached hydrogens (tertiary/aromatic N) is 4. The molecular weight excluding hydrogens is 414 g/mol. The minimum absolute atomic E-state index is 0.173.